The molecule has 0 saturated carbocycles. The lowest BCUT2D eigenvalue weighted by Crippen LogP contribution is -2.69. The van der Waals surface area contributed by atoms with Crippen molar-refractivity contribution in [3.05, 3.63) is 467 Å². The van der Waals surface area contributed by atoms with E-state index in [1.807, 2.05) is 394 Å². The summed E-state index contributed by atoms with van der Waals surface area (Å²) in [5, 5.41) is 25.5. The Morgan fingerprint density at radius 3 is 0.739 bits per heavy atom. The van der Waals surface area contributed by atoms with Crippen molar-refractivity contribution in [2.24, 2.45) is 0 Å². The summed E-state index contributed by atoms with van der Waals surface area (Å²) in [4.78, 5) is 0. The third-order valence-electron chi connectivity index (χ3n) is 24.8. The Balaban J connectivity index is 0.811. The van der Waals surface area contributed by atoms with Crippen molar-refractivity contribution in [2.75, 3.05) is 26.4 Å². The maximum Gasteiger partial charge on any atom is 0.187 e. The molecule has 17 rings (SSSR count). The van der Waals surface area contributed by atoms with Gasteiger partial charge in [-0.15, -0.1) is 0 Å². The van der Waals surface area contributed by atoms with E-state index in [1.165, 1.54) is 0 Å². The van der Waals surface area contributed by atoms with Crippen LogP contribution in [-0.2, 0) is 181 Å². The zero-order chi connectivity index (χ0) is 93.8. The van der Waals surface area contributed by atoms with Crippen LogP contribution >= 0.6 is 0 Å². The van der Waals surface area contributed by atoms with E-state index in [2.05, 4.69) is 0 Å². The van der Waals surface area contributed by atoms with Crippen molar-refractivity contribution in [1.29, 1.82) is 0 Å². The van der Waals surface area contributed by atoms with Crippen molar-refractivity contribution >= 4 is 0 Å². The van der Waals surface area contributed by atoms with E-state index in [0.29, 0.717) is 0 Å². The molecule has 4 aliphatic heterocycles. The summed E-state index contributed by atoms with van der Waals surface area (Å²) in [6.07, 6.45) is -26.5. The minimum atomic E-state index is -1.82. The van der Waals surface area contributed by atoms with Crippen LogP contribution in [0.1, 0.15) is 72.3 Å². The van der Waals surface area contributed by atoms with Gasteiger partial charge >= 0.3 is 0 Å². The Kier molecular flexibility index (Phi) is 37.7. The molecule has 0 spiro atoms. The van der Waals surface area contributed by atoms with Crippen LogP contribution in [0.5, 0.6) is 0 Å². The largest absolute Gasteiger partial charge is 0.394 e. The number of aliphatic hydroxyl groups is 2. The Morgan fingerprint density at radius 2 is 0.428 bits per heavy atom. The van der Waals surface area contributed by atoms with E-state index in [9.17, 15) is 10.2 Å². The van der Waals surface area contributed by atoms with E-state index < -0.39 is 136 Å². The molecule has 0 radical (unpaired) electrons. The van der Waals surface area contributed by atoms with E-state index in [0.717, 1.165) is 72.3 Å². The summed E-state index contributed by atoms with van der Waals surface area (Å²) < 4.78 is 148. The SMILES string of the molecule is OC[C@H]1O[C@H](O)[C@@H](OCc2ccccc2)[C@@H](O[C@H]2O[C@H]([C@H](COCc3ccccc3)OCc3ccccc3)[C@@H](OCc3ccccc3)[C@H](OCc3ccccc3)[C@@H]2OCc2ccccc2)[C@@H]1O[C@@H]1O[C@H](COCc2ccccc2)[C@@H](O[C@@H]2O[C@H](COCc3ccccc3)[C@H](OCc3ccccc3)[C@H](OCc3ccccc3)[C@H]2OCc2ccccc2)[C@@H](OCc2ccccc2)[C@H]1OCc1ccccc1. The van der Waals surface area contributed by atoms with Crippen LogP contribution in [0.25, 0.3) is 0 Å². The van der Waals surface area contributed by atoms with Gasteiger partial charge in [0, 0.05) is 0 Å². The first-order chi connectivity index (χ1) is 68.3. The fourth-order valence-corrected chi connectivity index (χ4v) is 17.7. The van der Waals surface area contributed by atoms with Gasteiger partial charge in [-0.3, -0.25) is 0 Å². The molecular weight excluding hydrogens is 1750 g/mol. The second kappa shape index (κ2) is 52.8. The average molecular weight is 1870 g/mol. The first-order valence-corrected chi connectivity index (χ1v) is 47.6. The number of ether oxygens (including phenoxy) is 20. The monoisotopic (exact) mass is 1870 g/mol. The zero-order valence-corrected chi connectivity index (χ0v) is 77.2. The molecule has 21 atom stereocenters. The second-order valence-corrected chi connectivity index (χ2v) is 34.8. The summed E-state index contributed by atoms with van der Waals surface area (Å²) in [6, 6.07) is 128. The maximum atomic E-state index is 13.1. The van der Waals surface area contributed by atoms with Crippen molar-refractivity contribution < 1.29 is 105 Å². The third kappa shape index (κ3) is 28.6. The van der Waals surface area contributed by atoms with Gasteiger partial charge < -0.3 is 105 Å². The highest BCUT2D eigenvalue weighted by molar-refractivity contribution is 5.24. The molecule has 22 nitrogen and oxygen atoms in total. The fourth-order valence-electron chi connectivity index (χ4n) is 17.7. The topological polar surface area (TPSA) is 225 Å². The van der Waals surface area contributed by atoms with Gasteiger partial charge in [0.15, 0.2) is 25.2 Å². The molecule has 4 aliphatic rings. The number of rotatable bonds is 50. The second-order valence-electron chi connectivity index (χ2n) is 34.8. The predicted molar refractivity (Wildman–Crippen MR) is 517 cm³/mol. The third-order valence-corrected chi connectivity index (χ3v) is 24.8. The Bertz CT molecular complexity index is 5510. The van der Waals surface area contributed by atoms with Gasteiger partial charge in [0.05, 0.1) is 112 Å². The van der Waals surface area contributed by atoms with Crippen LogP contribution in [0.4, 0.5) is 0 Å². The Morgan fingerprint density at radius 1 is 0.203 bits per heavy atom. The first kappa shape index (κ1) is 98.6. The zero-order valence-electron chi connectivity index (χ0n) is 77.2. The normalized spacial score (nSPS) is 25.1. The first-order valence-electron chi connectivity index (χ1n) is 47.6. The summed E-state index contributed by atoms with van der Waals surface area (Å²) in [5.74, 6) is 0. The highest BCUT2D eigenvalue weighted by Crippen LogP contribution is 2.43. The average Bonchev–Trinajstić information content (AvgIpc) is 0.762. The molecule has 13 aromatic rings. The van der Waals surface area contributed by atoms with Crippen molar-refractivity contribution in [3.8, 4) is 0 Å². The number of aliphatic hydroxyl groups excluding tert-OH is 2. The van der Waals surface area contributed by atoms with Crippen LogP contribution in [-0.4, -0.2) is 166 Å². The summed E-state index contributed by atoms with van der Waals surface area (Å²) in [5.41, 5.74) is 11.3. The molecule has 2 N–H and O–H groups in total. The molecule has 0 bridgehead atoms. The molecule has 0 aromatic heterocycles. The van der Waals surface area contributed by atoms with Gasteiger partial charge in [-0.25, -0.2) is 0 Å². The summed E-state index contributed by atoms with van der Waals surface area (Å²) in [7, 11) is 0. The Labute approximate surface area is 808 Å². The molecule has 0 amide bonds. The van der Waals surface area contributed by atoms with Gasteiger partial charge in [0.1, 0.15) is 104 Å². The maximum absolute atomic E-state index is 13.1. The molecule has 13 aromatic carbocycles. The molecule has 138 heavy (non-hydrogen) atoms. The molecule has 0 unspecified atom stereocenters. The van der Waals surface area contributed by atoms with E-state index in [-0.39, 0.29) is 106 Å². The smallest absolute Gasteiger partial charge is 0.187 e. The van der Waals surface area contributed by atoms with Crippen LogP contribution < -0.4 is 0 Å². The van der Waals surface area contributed by atoms with Gasteiger partial charge in [-0.05, 0) is 72.3 Å². The molecule has 4 heterocycles. The minimum Gasteiger partial charge on any atom is -0.394 e. The van der Waals surface area contributed by atoms with Gasteiger partial charge in [0.2, 0.25) is 0 Å². The summed E-state index contributed by atoms with van der Waals surface area (Å²) in [6.45, 7) is 0.236. The molecule has 4 fully saturated rings. The molecule has 22 heteroatoms. The van der Waals surface area contributed by atoms with Gasteiger partial charge in [-0.1, -0.05) is 394 Å². The lowest BCUT2D eigenvalue weighted by atomic mass is 9.93. The number of benzene rings is 13. The van der Waals surface area contributed by atoms with Crippen LogP contribution in [0, 0.1) is 0 Å². The van der Waals surface area contributed by atoms with E-state index in [4.69, 9.17) is 94.7 Å². The predicted octanol–water partition coefficient (Wildman–Crippen LogP) is 18.5. The molecular formula is C116H122O22. The van der Waals surface area contributed by atoms with Crippen molar-refractivity contribution in [3.63, 3.8) is 0 Å². The number of hydrogen-bond acceptors (Lipinski definition) is 22. The highest BCUT2D eigenvalue weighted by atomic mass is 16.8. The molecule has 4 saturated heterocycles. The summed E-state index contributed by atoms with van der Waals surface area (Å²) >= 11 is 0. The van der Waals surface area contributed by atoms with Crippen molar-refractivity contribution in [1.82, 2.24) is 0 Å². The van der Waals surface area contributed by atoms with Crippen LogP contribution in [0.2, 0.25) is 0 Å². The standard InChI is InChI=1S/C116H122O22/c117-66-96-101(108(109(113(118)132-96)128-76-92-58-32-10-33-59-92)138-116-112(131-79-95-64-38-13-39-65-95)107(127-75-91-56-30-9-31-57-91)105(125-73-89-52-26-7-27-53-89)102(136-116)97(122-70-86-46-20-4-21-47-86)80-119-67-83-40-14-1-15-41-83)135-115-111(130-78-94-62-36-12-37-63-94)106(126-74-90-54-28-8-29-55-90)103(99(134-115)82-121-69-85-44-18-3-19-45-85)137-114-110(129-77-93-60-34-11-35-61-93)104(124-72-88-50-24-6-25-51-88)100(123-71-87-48-22-5-23-49-87)98(133-114)81-120-68-84-42-16-2-17-43-84/h1-65,96-118H,66-82H2/t96-,97+,98-,99-,100+,101-,102-,103-,104+,105-,106-,107+,108+,109+,110-,111-,112+,113+,114+,115+,116-/m1/s1. The lowest BCUT2D eigenvalue weighted by Gasteiger charge is -2.52. The quantitative estimate of drug-likeness (QED) is 0.0361. The van der Waals surface area contributed by atoms with Crippen molar-refractivity contribution in [2.45, 2.75) is 215 Å². The lowest BCUT2D eigenvalue weighted by molar-refractivity contribution is -0.406. The molecule has 718 valence electrons. The fraction of sp³-hybridized carbons (Fsp3) is 0.328. The highest BCUT2D eigenvalue weighted by Gasteiger charge is 2.60. The van der Waals surface area contributed by atoms with E-state index in [1.54, 1.807) is 0 Å². The van der Waals surface area contributed by atoms with Crippen LogP contribution in [0.3, 0.4) is 0 Å². The van der Waals surface area contributed by atoms with Crippen LogP contribution in [0.15, 0.2) is 394 Å². The minimum absolute atomic E-state index is 0.00485. The Hall–Kier alpha value is -11.0. The van der Waals surface area contributed by atoms with Gasteiger partial charge in [-0.2, -0.15) is 0 Å². The van der Waals surface area contributed by atoms with E-state index >= 15 is 0 Å². The molecule has 0 aliphatic carbocycles. The van der Waals surface area contributed by atoms with Gasteiger partial charge in [0.25, 0.3) is 0 Å². The number of hydrogen-bond donors (Lipinski definition) is 2.